The van der Waals surface area contributed by atoms with E-state index in [9.17, 15) is 13.6 Å². The normalized spacial score (nSPS) is 16.3. The Kier molecular flexibility index (Phi) is 5.86. The van der Waals surface area contributed by atoms with Gasteiger partial charge in [-0.2, -0.15) is 0 Å². The van der Waals surface area contributed by atoms with Crippen molar-refractivity contribution in [1.82, 2.24) is 10.2 Å². The molecule has 2 amide bonds. The number of amides is 2. The fourth-order valence-corrected chi connectivity index (χ4v) is 3.43. The molecule has 1 saturated heterocycles. The molecule has 0 saturated carbocycles. The van der Waals surface area contributed by atoms with Crippen LogP contribution in [0.4, 0.5) is 13.6 Å². The van der Waals surface area contributed by atoms with E-state index in [1.54, 1.807) is 11.8 Å². The largest absolute Gasteiger partial charge is 0.331 e. The Morgan fingerprint density at radius 3 is 2.46 bits per heavy atom. The van der Waals surface area contributed by atoms with Crippen molar-refractivity contribution in [3.63, 3.8) is 0 Å². The molecule has 3 nitrogen and oxygen atoms in total. The highest BCUT2D eigenvalue weighted by molar-refractivity contribution is 5.74. The first kappa shape index (κ1) is 18.4. The Morgan fingerprint density at radius 2 is 1.81 bits per heavy atom. The third kappa shape index (κ3) is 4.59. The maximum absolute atomic E-state index is 13.4. The molecule has 1 aliphatic rings. The van der Waals surface area contributed by atoms with Gasteiger partial charge in [0.2, 0.25) is 0 Å². The van der Waals surface area contributed by atoms with Crippen LogP contribution in [0.2, 0.25) is 0 Å². The molecule has 0 aromatic heterocycles. The van der Waals surface area contributed by atoms with Gasteiger partial charge in [-0.3, -0.25) is 0 Å². The number of nitrogens with one attached hydrogen (secondary N) is 1. The second kappa shape index (κ2) is 8.30. The van der Waals surface area contributed by atoms with Crippen LogP contribution in [0.15, 0.2) is 48.5 Å². The number of hydrogen-bond acceptors (Lipinski definition) is 1. The summed E-state index contributed by atoms with van der Waals surface area (Å²) in [6, 6.07) is 13.6. The van der Waals surface area contributed by atoms with Crippen LogP contribution in [0.5, 0.6) is 0 Å². The van der Waals surface area contributed by atoms with Gasteiger partial charge in [-0.15, -0.1) is 0 Å². The molecule has 5 heteroatoms. The minimum atomic E-state index is -0.898. The Morgan fingerprint density at radius 1 is 1.12 bits per heavy atom. The van der Waals surface area contributed by atoms with Crippen molar-refractivity contribution in [1.29, 1.82) is 0 Å². The van der Waals surface area contributed by atoms with Crippen molar-refractivity contribution in [2.45, 2.75) is 32.2 Å². The molecule has 2 aromatic carbocycles. The van der Waals surface area contributed by atoms with Crippen LogP contribution in [0.1, 0.15) is 36.9 Å². The average Bonchev–Trinajstić information content (AvgIpc) is 2.65. The molecule has 0 spiro atoms. The molecule has 3 rings (SSSR count). The number of rotatable bonds is 4. The molecule has 0 radical (unpaired) electrons. The quantitative estimate of drug-likeness (QED) is 0.845. The van der Waals surface area contributed by atoms with E-state index < -0.39 is 11.6 Å². The van der Waals surface area contributed by atoms with E-state index in [4.69, 9.17) is 0 Å². The summed E-state index contributed by atoms with van der Waals surface area (Å²) >= 11 is 0. The summed E-state index contributed by atoms with van der Waals surface area (Å²) < 4.78 is 26.4. The summed E-state index contributed by atoms with van der Waals surface area (Å²) in [5, 5.41) is 2.87. The first-order valence-corrected chi connectivity index (χ1v) is 9.07. The minimum Gasteiger partial charge on any atom is -0.331 e. The highest BCUT2D eigenvalue weighted by Crippen LogP contribution is 2.22. The highest BCUT2D eigenvalue weighted by Gasteiger charge is 2.24. The Balaban J connectivity index is 1.49. The maximum Gasteiger partial charge on any atom is 0.317 e. The monoisotopic (exact) mass is 358 g/mol. The van der Waals surface area contributed by atoms with E-state index in [1.165, 1.54) is 11.6 Å². The van der Waals surface area contributed by atoms with Crippen LogP contribution in [0.25, 0.3) is 0 Å². The van der Waals surface area contributed by atoms with E-state index in [1.807, 2.05) is 6.07 Å². The molecule has 0 aliphatic carbocycles. The van der Waals surface area contributed by atoms with Crippen molar-refractivity contribution in [2.75, 3.05) is 13.1 Å². The molecule has 138 valence electrons. The zero-order valence-electron chi connectivity index (χ0n) is 14.9. The van der Waals surface area contributed by atoms with Crippen LogP contribution in [0, 0.1) is 17.6 Å². The lowest BCUT2D eigenvalue weighted by Crippen LogP contribution is -2.45. The zero-order valence-corrected chi connectivity index (χ0v) is 14.9. The summed E-state index contributed by atoms with van der Waals surface area (Å²) in [4.78, 5) is 14.2. The van der Waals surface area contributed by atoms with Gasteiger partial charge in [0.1, 0.15) is 0 Å². The van der Waals surface area contributed by atoms with Gasteiger partial charge in [-0.05, 0) is 55.4 Å². The Hall–Kier alpha value is -2.43. The van der Waals surface area contributed by atoms with Gasteiger partial charge >= 0.3 is 6.03 Å². The molecule has 1 aliphatic heterocycles. The van der Waals surface area contributed by atoms with Gasteiger partial charge in [0.15, 0.2) is 11.6 Å². The number of benzene rings is 2. The minimum absolute atomic E-state index is 0.152. The molecule has 2 aromatic rings. The van der Waals surface area contributed by atoms with Gasteiger partial charge in [0.25, 0.3) is 0 Å². The summed E-state index contributed by atoms with van der Waals surface area (Å²) in [6.45, 7) is 3.20. The van der Waals surface area contributed by atoms with Gasteiger partial charge in [-0.1, -0.05) is 36.4 Å². The van der Waals surface area contributed by atoms with E-state index in [0.717, 1.165) is 31.4 Å². The molecule has 0 unspecified atom stereocenters. The van der Waals surface area contributed by atoms with E-state index in [0.29, 0.717) is 24.6 Å². The van der Waals surface area contributed by atoms with Gasteiger partial charge < -0.3 is 10.2 Å². The Bertz CT molecular complexity index is 743. The average molecular weight is 358 g/mol. The van der Waals surface area contributed by atoms with Crippen LogP contribution in [-0.2, 0) is 6.42 Å². The molecular weight excluding hydrogens is 334 g/mol. The third-order valence-electron chi connectivity index (χ3n) is 5.05. The summed E-state index contributed by atoms with van der Waals surface area (Å²) in [5.74, 6) is -1.19. The molecule has 1 atom stereocenters. The van der Waals surface area contributed by atoms with E-state index >= 15 is 0 Å². The Labute approximate surface area is 153 Å². The van der Waals surface area contributed by atoms with Crippen LogP contribution in [-0.4, -0.2) is 24.0 Å². The molecule has 1 heterocycles. The molecular formula is C21H24F2N2O. The number of halogens is 2. The van der Waals surface area contributed by atoms with Gasteiger partial charge in [0, 0.05) is 13.1 Å². The standard InChI is InChI=1S/C21H24F2N2O/c1-15(18-7-8-19(22)20(23)14-18)24-21(26)25-11-9-17(10-12-25)13-16-5-3-2-4-6-16/h2-8,14-15,17H,9-13H2,1H3,(H,24,26)/t15-/m1/s1. The predicted octanol–water partition coefficient (Wildman–Crippen LogP) is 4.69. The SMILES string of the molecule is C[C@@H](NC(=O)N1CCC(Cc2ccccc2)CC1)c1ccc(F)c(F)c1. The smallest absolute Gasteiger partial charge is 0.317 e. The number of urea groups is 1. The van der Waals surface area contributed by atoms with Crippen LogP contribution in [0.3, 0.4) is 0 Å². The topological polar surface area (TPSA) is 32.3 Å². The maximum atomic E-state index is 13.4. The van der Waals surface area contributed by atoms with Crippen LogP contribution < -0.4 is 5.32 Å². The van der Waals surface area contributed by atoms with Crippen molar-refractivity contribution in [2.24, 2.45) is 5.92 Å². The fourth-order valence-electron chi connectivity index (χ4n) is 3.43. The third-order valence-corrected chi connectivity index (χ3v) is 5.05. The number of likely N-dealkylation sites (tertiary alicyclic amines) is 1. The number of carbonyl (C=O) groups excluding carboxylic acids is 1. The molecule has 1 N–H and O–H groups in total. The highest BCUT2D eigenvalue weighted by atomic mass is 19.2. The van der Waals surface area contributed by atoms with Gasteiger partial charge in [0.05, 0.1) is 6.04 Å². The zero-order chi connectivity index (χ0) is 18.5. The lowest BCUT2D eigenvalue weighted by molar-refractivity contribution is 0.167. The van der Waals surface area contributed by atoms with E-state index in [-0.39, 0.29) is 12.1 Å². The second-order valence-electron chi connectivity index (χ2n) is 6.96. The summed E-state index contributed by atoms with van der Waals surface area (Å²) in [7, 11) is 0. The number of carbonyl (C=O) groups is 1. The van der Waals surface area contributed by atoms with E-state index in [2.05, 4.69) is 29.6 Å². The lowest BCUT2D eigenvalue weighted by atomic mass is 9.90. The number of hydrogen-bond donors (Lipinski definition) is 1. The first-order valence-electron chi connectivity index (χ1n) is 9.07. The predicted molar refractivity (Wildman–Crippen MR) is 97.7 cm³/mol. The van der Waals surface area contributed by atoms with Crippen LogP contribution >= 0.6 is 0 Å². The van der Waals surface area contributed by atoms with Gasteiger partial charge in [-0.25, -0.2) is 13.6 Å². The molecule has 26 heavy (non-hydrogen) atoms. The van der Waals surface area contributed by atoms with Crippen molar-refractivity contribution in [3.05, 3.63) is 71.3 Å². The number of piperidine rings is 1. The number of nitrogens with zero attached hydrogens (tertiary/aromatic N) is 1. The second-order valence-corrected chi connectivity index (χ2v) is 6.96. The first-order chi connectivity index (χ1) is 12.5. The molecule has 0 bridgehead atoms. The lowest BCUT2D eigenvalue weighted by Gasteiger charge is -2.33. The molecule has 1 fully saturated rings. The summed E-state index contributed by atoms with van der Waals surface area (Å²) in [5.41, 5.74) is 1.89. The van der Waals surface area contributed by atoms with Crippen molar-refractivity contribution in [3.8, 4) is 0 Å². The van der Waals surface area contributed by atoms with Crippen molar-refractivity contribution < 1.29 is 13.6 Å². The van der Waals surface area contributed by atoms with Crippen molar-refractivity contribution >= 4 is 6.03 Å². The fraction of sp³-hybridized carbons (Fsp3) is 0.381. The summed E-state index contributed by atoms with van der Waals surface area (Å²) in [6.07, 6.45) is 2.99.